The van der Waals surface area contributed by atoms with Crippen molar-refractivity contribution < 1.29 is 14.5 Å². The summed E-state index contributed by atoms with van der Waals surface area (Å²) in [5, 5.41) is 16.0. The van der Waals surface area contributed by atoms with Crippen LogP contribution in [0.3, 0.4) is 0 Å². The molecule has 1 aromatic carbocycles. The standard InChI is InChI=1S/C16H18N4O4/c1-10-11(2)14(5-4-13(10)20(22)23)24-9-12-6-7-18-15(8-12)19-16(21)17-3/h4-8H,9H2,1-3H3,(H2,17,18,19,21). The predicted molar refractivity (Wildman–Crippen MR) is 89.2 cm³/mol. The van der Waals surface area contributed by atoms with Gasteiger partial charge >= 0.3 is 6.03 Å². The Hall–Kier alpha value is -3.16. The fourth-order valence-electron chi connectivity index (χ4n) is 2.11. The molecule has 0 saturated heterocycles. The van der Waals surface area contributed by atoms with E-state index < -0.39 is 4.92 Å². The van der Waals surface area contributed by atoms with E-state index in [1.807, 2.05) is 0 Å². The van der Waals surface area contributed by atoms with Crippen molar-refractivity contribution in [3.8, 4) is 5.75 Å². The third kappa shape index (κ3) is 3.97. The topological polar surface area (TPSA) is 106 Å². The molecular weight excluding hydrogens is 312 g/mol. The van der Waals surface area contributed by atoms with Gasteiger partial charge in [-0.15, -0.1) is 0 Å². The molecule has 0 saturated carbocycles. The zero-order valence-corrected chi connectivity index (χ0v) is 13.6. The van der Waals surface area contributed by atoms with Gasteiger partial charge in [0.25, 0.3) is 5.69 Å². The van der Waals surface area contributed by atoms with Crippen LogP contribution in [0.25, 0.3) is 0 Å². The van der Waals surface area contributed by atoms with E-state index in [2.05, 4.69) is 15.6 Å². The molecule has 0 bridgehead atoms. The Morgan fingerprint density at radius 2 is 2.04 bits per heavy atom. The van der Waals surface area contributed by atoms with Crippen LogP contribution in [0.4, 0.5) is 16.3 Å². The molecule has 0 fully saturated rings. The Bertz CT molecular complexity index is 777. The van der Waals surface area contributed by atoms with Gasteiger partial charge in [-0.05, 0) is 37.6 Å². The van der Waals surface area contributed by atoms with Crippen LogP contribution in [0.15, 0.2) is 30.5 Å². The Morgan fingerprint density at radius 1 is 1.29 bits per heavy atom. The lowest BCUT2D eigenvalue weighted by molar-refractivity contribution is -0.385. The van der Waals surface area contributed by atoms with Crippen molar-refractivity contribution in [3.05, 3.63) is 57.3 Å². The number of carbonyl (C=O) groups is 1. The minimum absolute atomic E-state index is 0.0702. The van der Waals surface area contributed by atoms with Gasteiger partial charge in [-0.3, -0.25) is 15.4 Å². The first-order valence-electron chi connectivity index (χ1n) is 7.23. The van der Waals surface area contributed by atoms with Crippen molar-refractivity contribution >= 4 is 17.5 Å². The van der Waals surface area contributed by atoms with Gasteiger partial charge in [0.15, 0.2) is 0 Å². The largest absolute Gasteiger partial charge is 0.489 e. The Labute approximate surface area is 139 Å². The molecule has 0 atom stereocenters. The number of hydrogen-bond acceptors (Lipinski definition) is 5. The lowest BCUT2D eigenvalue weighted by atomic mass is 10.1. The quantitative estimate of drug-likeness (QED) is 0.647. The molecule has 2 aromatic rings. The number of anilines is 1. The number of nitro benzene ring substituents is 1. The van der Waals surface area contributed by atoms with E-state index in [0.717, 1.165) is 11.1 Å². The van der Waals surface area contributed by atoms with Crippen LogP contribution in [0.1, 0.15) is 16.7 Å². The molecular formula is C16H18N4O4. The Morgan fingerprint density at radius 3 is 2.71 bits per heavy atom. The van der Waals surface area contributed by atoms with Crippen molar-refractivity contribution in [2.75, 3.05) is 12.4 Å². The number of ether oxygens (including phenoxy) is 1. The number of benzene rings is 1. The van der Waals surface area contributed by atoms with Crippen molar-refractivity contribution in [1.29, 1.82) is 0 Å². The molecule has 2 rings (SSSR count). The molecule has 0 aliphatic heterocycles. The second kappa shape index (κ2) is 7.40. The van der Waals surface area contributed by atoms with Crippen LogP contribution in [-0.4, -0.2) is 23.0 Å². The summed E-state index contributed by atoms with van der Waals surface area (Å²) in [4.78, 5) is 25.9. The number of nitrogens with one attached hydrogen (secondary N) is 2. The molecule has 0 unspecified atom stereocenters. The normalized spacial score (nSPS) is 10.1. The number of urea groups is 1. The van der Waals surface area contributed by atoms with Gasteiger partial charge in [0, 0.05) is 30.4 Å². The average Bonchev–Trinajstić information content (AvgIpc) is 2.56. The minimum atomic E-state index is -0.411. The summed E-state index contributed by atoms with van der Waals surface area (Å²) in [5.74, 6) is 0.989. The number of pyridine rings is 1. The second-order valence-corrected chi connectivity index (χ2v) is 5.13. The summed E-state index contributed by atoms with van der Waals surface area (Å²) in [5.41, 5.74) is 2.18. The van der Waals surface area contributed by atoms with E-state index in [1.54, 1.807) is 38.2 Å². The number of aromatic nitrogens is 1. The van der Waals surface area contributed by atoms with Crippen molar-refractivity contribution in [3.63, 3.8) is 0 Å². The first kappa shape index (κ1) is 17.2. The maximum atomic E-state index is 11.3. The van der Waals surface area contributed by atoms with Crippen LogP contribution in [0.5, 0.6) is 5.75 Å². The summed E-state index contributed by atoms with van der Waals surface area (Å²) in [6.45, 7) is 3.73. The molecule has 0 aliphatic rings. The third-order valence-electron chi connectivity index (χ3n) is 3.59. The lowest BCUT2D eigenvalue weighted by Gasteiger charge is -2.12. The zero-order chi connectivity index (χ0) is 17.7. The molecule has 24 heavy (non-hydrogen) atoms. The van der Waals surface area contributed by atoms with Gasteiger partial charge in [-0.1, -0.05) is 0 Å². The van der Waals surface area contributed by atoms with Crippen molar-refractivity contribution in [2.24, 2.45) is 0 Å². The van der Waals surface area contributed by atoms with Gasteiger partial charge in [-0.2, -0.15) is 0 Å². The van der Waals surface area contributed by atoms with E-state index in [4.69, 9.17) is 4.74 Å². The van der Waals surface area contributed by atoms with Gasteiger partial charge in [0.2, 0.25) is 0 Å². The van der Waals surface area contributed by atoms with E-state index in [-0.39, 0.29) is 18.3 Å². The molecule has 0 radical (unpaired) electrons. The summed E-state index contributed by atoms with van der Waals surface area (Å²) >= 11 is 0. The molecule has 1 heterocycles. The molecule has 0 aliphatic carbocycles. The smallest absolute Gasteiger partial charge is 0.320 e. The SMILES string of the molecule is CNC(=O)Nc1cc(COc2ccc([N+](=O)[O-])c(C)c2C)ccn1. The number of amides is 2. The van der Waals surface area contributed by atoms with E-state index in [0.29, 0.717) is 17.1 Å². The fourth-order valence-corrected chi connectivity index (χ4v) is 2.11. The molecule has 0 spiro atoms. The minimum Gasteiger partial charge on any atom is -0.489 e. The molecule has 8 heteroatoms. The highest BCUT2D eigenvalue weighted by atomic mass is 16.6. The summed E-state index contributed by atoms with van der Waals surface area (Å²) in [7, 11) is 1.52. The summed E-state index contributed by atoms with van der Waals surface area (Å²) in [6.07, 6.45) is 1.57. The number of rotatable bonds is 5. The van der Waals surface area contributed by atoms with E-state index >= 15 is 0 Å². The highest BCUT2D eigenvalue weighted by Gasteiger charge is 2.15. The second-order valence-electron chi connectivity index (χ2n) is 5.13. The van der Waals surface area contributed by atoms with Crippen LogP contribution < -0.4 is 15.4 Å². The van der Waals surface area contributed by atoms with E-state index in [1.165, 1.54) is 13.1 Å². The number of carbonyl (C=O) groups excluding carboxylic acids is 1. The number of nitrogens with zero attached hydrogens (tertiary/aromatic N) is 2. The number of nitro groups is 1. The first-order valence-corrected chi connectivity index (χ1v) is 7.23. The molecule has 1 aromatic heterocycles. The predicted octanol–water partition coefficient (Wildman–Crippen LogP) is 2.94. The van der Waals surface area contributed by atoms with Crippen LogP contribution in [0, 0.1) is 24.0 Å². The maximum absolute atomic E-state index is 11.3. The highest BCUT2D eigenvalue weighted by Crippen LogP contribution is 2.29. The van der Waals surface area contributed by atoms with Gasteiger partial charge in [0.1, 0.15) is 18.2 Å². The summed E-state index contributed by atoms with van der Waals surface area (Å²) < 4.78 is 5.75. The average molecular weight is 330 g/mol. The van der Waals surface area contributed by atoms with Crippen LogP contribution >= 0.6 is 0 Å². The van der Waals surface area contributed by atoms with Crippen LogP contribution in [-0.2, 0) is 6.61 Å². The summed E-state index contributed by atoms with van der Waals surface area (Å²) in [6, 6.07) is 6.13. The molecule has 126 valence electrons. The Balaban J connectivity index is 2.11. The fraction of sp³-hybridized carbons (Fsp3) is 0.250. The van der Waals surface area contributed by atoms with Gasteiger partial charge in [0.05, 0.1) is 4.92 Å². The van der Waals surface area contributed by atoms with Crippen molar-refractivity contribution in [2.45, 2.75) is 20.5 Å². The zero-order valence-electron chi connectivity index (χ0n) is 13.6. The third-order valence-corrected chi connectivity index (χ3v) is 3.59. The Kier molecular flexibility index (Phi) is 5.31. The molecule has 2 N–H and O–H groups in total. The lowest BCUT2D eigenvalue weighted by Crippen LogP contribution is -2.25. The molecule has 2 amide bonds. The molecule has 8 nitrogen and oxygen atoms in total. The maximum Gasteiger partial charge on any atom is 0.320 e. The van der Waals surface area contributed by atoms with Crippen molar-refractivity contribution in [1.82, 2.24) is 10.3 Å². The monoisotopic (exact) mass is 330 g/mol. The van der Waals surface area contributed by atoms with Crippen LogP contribution in [0.2, 0.25) is 0 Å². The van der Waals surface area contributed by atoms with E-state index in [9.17, 15) is 14.9 Å². The van der Waals surface area contributed by atoms with Gasteiger partial charge < -0.3 is 10.1 Å². The highest BCUT2D eigenvalue weighted by molar-refractivity contribution is 5.87. The van der Waals surface area contributed by atoms with Gasteiger partial charge in [-0.25, -0.2) is 9.78 Å². The number of hydrogen-bond donors (Lipinski definition) is 2. The first-order chi connectivity index (χ1) is 11.4.